The minimum atomic E-state index is -4.79. The summed E-state index contributed by atoms with van der Waals surface area (Å²) in [5, 5.41) is 0. The average molecular weight is 482 g/mol. The molecule has 0 unspecified atom stereocenters. The Kier molecular flexibility index (Phi) is 8.34. The Morgan fingerprint density at radius 2 is 1.76 bits per heavy atom. The zero-order valence-corrected chi connectivity index (χ0v) is 20.5. The van der Waals surface area contributed by atoms with Crippen LogP contribution in [0.3, 0.4) is 0 Å². The predicted octanol–water partition coefficient (Wildman–Crippen LogP) is 7.01. The number of hydrogen-bond donors (Lipinski definition) is 0. The van der Waals surface area contributed by atoms with E-state index in [-0.39, 0.29) is 0 Å². The number of aliphatic imine (C=N–C) groups is 1. The molecule has 0 fully saturated rings. The molecule has 0 saturated heterocycles. The maximum Gasteiger partial charge on any atom is 0.416 e. The number of carbonyl (C=O) groups is 1. The standard InChI is InChI=1S/C25H31F4N3O2/c1-8-31(7)15-30-21-12-17(3)22(13-16(21)2)32(23(33)34-24(4,5)6)14-18-19(25(27,28)29)10-9-11-20(18)26/h9-13,15H,8,14H2,1-7H3. The van der Waals surface area contributed by atoms with Crippen LogP contribution >= 0.6 is 0 Å². The third-order valence-electron chi connectivity index (χ3n) is 5.05. The molecule has 2 rings (SSSR count). The first-order chi connectivity index (χ1) is 15.6. The second-order valence-corrected chi connectivity index (χ2v) is 9.07. The van der Waals surface area contributed by atoms with Crippen LogP contribution in [0.5, 0.6) is 0 Å². The van der Waals surface area contributed by atoms with Gasteiger partial charge in [0.05, 0.1) is 29.8 Å². The number of carbonyl (C=O) groups excluding carboxylic acids is 1. The molecule has 2 aromatic carbocycles. The zero-order chi connectivity index (χ0) is 25.8. The number of ether oxygens (including phenoxy) is 1. The lowest BCUT2D eigenvalue weighted by molar-refractivity contribution is -0.138. The zero-order valence-electron chi connectivity index (χ0n) is 20.5. The Balaban J connectivity index is 2.61. The summed E-state index contributed by atoms with van der Waals surface area (Å²) < 4.78 is 60.9. The molecule has 1 amide bonds. The van der Waals surface area contributed by atoms with Crippen molar-refractivity contribution in [3.05, 3.63) is 58.4 Å². The lowest BCUT2D eigenvalue weighted by atomic mass is 10.0. The Morgan fingerprint density at radius 3 is 2.32 bits per heavy atom. The summed E-state index contributed by atoms with van der Waals surface area (Å²) in [6.07, 6.45) is -4.00. The molecule has 0 aliphatic heterocycles. The molecule has 186 valence electrons. The van der Waals surface area contributed by atoms with Crippen LogP contribution in [0.25, 0.3) is 0 Å². The highest BCUT2D eigenvalue weighted by atomic mass is 19.4. The van der Waals surface area contributed by atoms with Gasteiger partial charge < -0.3 is 9.64 Å². The Morgan fingerprint density at radius 1 is 1.12 bits per heavy atom. The minimum Gasteiger partial charge on any atom is -0.443 e. The minimum absolute atomic E-state index is 0.311. The van der Waals surface area contributed by atoms with Crippen LogP contribution in [-0.2, 0) is 17.5 Å². The number of rotatable bonds is 6. The summed E-state index contributed by atoms with van der Waals surface area (Å²) in [7, 11) is 1.87. The second-order valence-electron chi connectivity index (χ2n) is 9.07. The number of hydrogen-bond acceptors (Lipinski definition) is 3. The molecular weight excluding hydrogens is 450 g/mol. The van der Waals surface area contributed by atoms with Gasteiger partial charge in [-0.3, -0.25) is 4.90 Å². The number of anilines is 1. The van der Waals surface area contributed by atoms with Crippen molar-refractivity contribution < 1.29 is 27.1 Å². The monoisotopic (exact) mass is 481 g/mol. The first-order valence-electron chi connectivity index (χ1n) is 10.8. The van der Waals surface area contributed by atoms with Crippen LogP contribution in [-0.4, -0.2) is 36.5 Å². The number of benzene rings is 2. The molecule has 0 heterocycles. The van der Waals surface area contributed by atoms with E-state index >= 15 is 0 Å². The number of aryl methyl sites for hydroxylation is 2. The molecule has 0 atom stereocenters. The maximum absolute atomic E-state index is 14.6. The van der Waals surface area contributed by atoms with Gasteiger partial charge in [-0.1, -0.05) is 6.07 Å². The summed E-state index contributed by atoms with van der Waals surface area (Å²) in [6.45, 7) is 10.5. The summed E-state index contributed by atoms with van der Waals surface area (Å²) in [6, 6.07) is 6.11. The average Bonchev–Trinajstić information content (AvgIpc) is 2.71. The van der Waals surface area contributed by atoms with Gasteiger partial charge in [-0.05, 0) is 76.9 Å². The highest BCUT2D eigenvalue weighted by Gasteiger charge is 2.36. The van der Waals surface area contributed by atoms with Crippen molar-refractivity contribution in [3.8, 4) is 0 Å². The first-order valence-corrected chi connectivity index (χ1v) is 10.8. The SMILES string of the molecule is CCN(C)C=Nc1cc(C)c(N(Cc2c(F)cccc2C(F)(F)F)C(=O)OC(C)(C)C)cc1C. The molecule has 34 heavy (non-hydrogen) atoms. The lowest BCUT2D eigenvalue weighted by Crippen LogP contribution is -2.37. The lowest BCUT2D eigenvalue weighted by Gasteiger charge is -2.30. The van der Waals surface area contributed by atoms with Crippen molar-refractivity contribution in [2.45, 2.75) is 59.9 Å². The van der Waals surface area contributed by atoms with Gasteiger partial charge >= 0.3 is 12.3 Å². The third kappa shape index (κ3) is 6.95. The van der Waals surface area contributed by atoms with Crippen molar-refractivity contribution in [2.24, 2.45) is 4.99 Å². The molecule has 0 spiro atoms. The Bertz CT molecular complexity index is 1060. The van der Waals surface area contributed by atoms with Crippen LogP contribution in [0, 0.1) is 19.7 Å². The summed E-state index contributed by atoms with van der Waals surface area (Å²) in [5.74, 6) is -1.05. The van der Waals surface area contributed by atoms with Gasteiger partial charge in [-0.2, -0.15) is 13.2 Å². The van der Waals surface area contributed by atoms with E-state index in [0.29, 0.717) is 22.5 Å². The second kappa shape index (κ2) is 10.4. The van der Waals surface area contributed by atoms with E-state index in [1.807, 2.05) is 18.9 Å². The van der Waals surface area contributed by atoms with E-state index in [1.165, 1.54) is 0 Å². The normalized spacial score (nSPS) is 12.2. The first kappa shape index (κ1) is 27.1. The highest BCUT2D eigenvalue weighted by molar-refractivity contribution is 5.89. The molecule has 0 aromatic heterocycles. The van der Waals surface area contributed by atoms with Crippen molar-refractivity contribution >= 4 is 23.8 Å². The molecule has 0 bridgehead atoms. The highest BCUT2D eigenvalue weighted by Crippen LogP contribution is 2.36. The number of amides is 1. The van der Waals surface area contributed by atoms with E-state index in [4.69, 9.17) is 4.74 Å². The Labute approximate surface area is 198 Å². The molecule has 0 aliphatic rings. The molecular formula is C25H31F4N3O2. The van der Waals surface area contributed by atoms with E-state index < -0.39 is 41.4 Å². The molecule has 9 heteroatoms. The fourth-order valence-electron chi connectivity index (χ4n) is 3.17. The van der Waals surface area contributed by atoms with E-state index in [9.17, 15) is 22.4 Å². The van der Waals surface area contributed by atoms with Crippen molar-refractivity contribution in [1.82, 2.24) is 4.90 Å². The van der Waals surface area contributed by atoms with Gasteiger partial charge in [0.15, 0.2) is 0 Å². The predicted molar refractivity (Wildman–Crippen MR) is 126 cm³/mol. The Hall–Kier alpha value is -3.10. The number of alkyl halides is 3. The van der Waals surface area contributed by atoms with Crippen molar-refractivity contribution in [1.29, 1.82) is 0 Å². The van der Waals surface area contributed by atoms with Gasteiger partial charge in [0, 0.05) is 19.2 Å². The summed E-state index contributed by atoms with van der Waals surface area (Å²) in [4.78, 5) is 20.5. The fraction of sp³-hybridized carbons (Fsp3) is 0.440. The quantitative estimate of drug-likeness (QED) is 0.253. The van der Waals surface area contributed by atoms with Gasteiger partial charge in [-0.25, -0.2) is 14.2 Å². The third-order valence-corrected chi connectivity index (χ3v) is 5.05. The molecule has 2 aromatic rings. The maximum atomic E-state index is 14.6. The molecule has 0 N–H and O–H groups in total. The molecule has 0 aliphatic carbocycles. The molecule has 0 saturated carbocycles. The van der Waals surface area contributed by atoms with Crippen LogP contribution in [0.15, 0.2) is 35.3 Å². The number of nitrogens with zero attached hydrogens (tertiary/aromatic N) is 3. The molecule has 0 radical (unpaired) electrons. The van der Waals surface area contributed by atoms with E-state index in [2.05, 4.69) is 4.99 Å². The fourth-order valence-corrected chi connectivity index (χ4v) is 3.17. The summed E-state index contributed by atoms with van der Waals surface area (Å²) in [5.41, 5.74) is -0.454. The van der Waals surface area contributed by atoms with Crippen molar-refractivity contribution in [2.75, 3.05) is 18.5 Å². The van der Waals surface area contributed by atoms with Gasteiger partial charge in [0.25, 0.3) is 0 Å². The van der Waals surface area contributed by atoms with Crippen LogP contribution in [0.4, 0.5) is 33.7 Å². The smallest absolute Gasteiger partial charge is 0.416 e. The number of halogens is 4. The molecule has 5 nitrogen and oxygen atoms in total. The van der Waals surface area contributed by atoms with Gasteiger partial charge in [0.2, 0.25) is 0 Å². The summed E-state index contributed by atoms with van der Waals surface area (Å²) >= 11 is 0. The van der Waals surface area contributed by atoms with Crippen molar-refractivity contribution in [3.63, 3.8) is 0 Å². The van der Waals surface area contributed by atoms with Gasteiger partial charge in [-0.15, -0.1) is 0 Å². The van der Waals surface area contributed by atoms with E-state index in [1.54, 1.807) is 53.1 Å². The van der Waals surface area contributed by atoms with Gasteiger partial charge in [0.1, 0.15) is 11.4 Å². The topological polar surface area (TPSA) is 45.1 Å². The van der Waals surface area contributed by atoms with Crippen LogP contribution < -0.4 is 4.90 Å². The largest absolute Gasteiger partial charge is 0.443 e. The van der Waals surface area contributed by atoms with Crippen LogP contribution in [0.2, 0.25) is 0 Å². The van der Waals surface area contributed by atoms with Crippen LogP contribution in [0.1, 0.15) is 49.9 Å². The van der Waals surface area contributed by atoms with E-state index in [0.717, 1.165) is 29.6 Å².